The molecule has 1 aliphatic rings. The molecule has 0 spiro atoms. The summed E-state index contributed by atoms with van der Waals surface area (Å²) in [5.41, 5.74) is 6.85. The van der Waals surface area contributed by atoms with Crippen LogP contribution in [0.25, 0.3) is 10.9 Å². The molecule has 23 heavy (non-hydrogen) atoms. The van der Waals surface area contributed by atoms with Crippen molar-refractivity contribution in [2.45, 2.75) is 45.6 Å². The molecule has 3 aromatic rings. The van der Waals surface area contributed by atoms with Gasteiger partial charge in [-0.05, 0) is 68.0 Å². The van der Waals surface area contributed by atoms with Gasteiger partial charge in [0, 0.05) is 23.1 Å². The molecule has 1 nitrogen and oxygen atoms in total. The van der Waals surface area contributed by atoms with E-state index in [4.69, 9.17) is 0 Å². The molecular weight excluding hydrogens is 285 g/mol. The van der Waals surface area contributed by atoms with Crippen LogP contribution in [0.5, 0.6) is 0 Å². The van der Waals surface area contributed by atoms with Gasteiger partial charge in [-0.1, -0.05) is 30.2 Å². The number of benzene rings is 2. The molecule has 0 aliphatic heterocycles. The van der Waals surface area contributed by atoms with E-state index in [1.165, 1.54) is 47.8 Å². The fourth-order valence-corrected chi connectivity index (χ4v) is 3.88. The molecule has 1 heterocycles. The Hall–Kier alpha value is -2.09. The van der Waals surface area contributed by atoms with Crippen LogP contribution in [-0.2, 0) is 19.4 Å². The Balaban J connectivity index is 1.87. The molecule has 118 valence electrons. The molecule has 0 saturated carbocycles. The van der Waals surface area contributed by atoms with E-state index in [1.807, 2.05) is 12.1 Å². The number of hydrogen-bond acceptors (Lipinski definition) is 0. The van der Waals surface area contributed by atoms with E-state index in [0.717, 1.165) is 18.5 Å². The van der Waals surface area contributed by atoms with Crippen molar-refractivity contribution in [2.75, 3.05) is 0 Å². The predicted octanol–water partition coefficient (Wildman–Crippen LogP) is 5.41. The van der Waals surface area contributed by atoms with E-state index in [1.54, 1.807) is 17.7 Å². The third kappa shape index (κ3) is 2.67. The number of aryl methyl sites for hydroxylation is 2. The molecule has 4 rings (SSSR count). The highest BCUT2D eigenvalue weighted by Gasteiger charge is 2.19. The molecular formula is C21H22FN. The van der Waals surface area contributed by atoms with Crippen LogP contribution in [0.4, 0.5) is 4.39 Å². The van der Waals surface area contributed by atoms with Gasteiger partial charge >= 0.3 is 0 Å². The molecule has 2 heteroatoms. The zero-order chi connectivity index (χ0) is 15.8. The molecule has 2 aromatic carbocycles. The summed E-state index contributed by atoms with van der Waals surface area (Å²) in [6, 6.07) is 13.7. The van der Waals surface area contributed by atoms with E-state index in [-0.39, 0.29) is 5.82 Å². The maximum absolute atomic E-state index is 13.2. The minimum Gasteiger partial charge on any atom is -0.340 e. The van der Waals surface area contributed by atoms with Gasteiger partial charge in [-0.15, -0.1) is 0 Å². The highest BCUT2D eigenvalue weighted by molar-refractivity contribution is 5.86. The lowest BCUT2D eigenvalue weighted by Gasteiger charge is -2.11. The second-order valence-corrected chi connectivity index (χ2v) is 6.72. The van der Waals surface area contributed by atoms with Crippen LogP contribution >= 0.6 is 0 Å². The lowest BCUT2D eigenvalue weighted by Crippen LogP contribution is -2.05. The molecule has 0 bridgehead atoms. The SMILES string of the molecule is Cc1ccc2c(c1)c1c(n2Cc2ccc(F)cc2)CCCCC1. The molecule has 0 atom stereocenters. The fraction of sp³-hybridized carbons (Fsp3) is 0.333. The molecule has 0 fully saturated rings. The summed E-state index contributed by atoms with van der Waals surface area (Å²) in [7, 11) is 0. The van der Waals surface area contributed by atoms with Crippen molar-refractivity contribution in [3.05, 3.63) is 70.7 Å². The van der Waals surface area contributed by atoms with E-state index in [9.17, 15) is 4.39 Å². The van der Waals surface area contributed by atoms with Gasteiger partial charge in [0.1, 0.15) is 5.82 Å². The summed E-state index contributed by atoms with van der Waals surface area (Å²) >= 11 is 0. The summed E-state index contributed by atoms with van der Waals surface area (Å²) < 4.78 is 15.6. The Morgan fingerprint density at radius 1 is 0.957 bits per heavy atom. The van der Waals surface area contributed by atoms with Gasteiger partial charge in [0.2, 0.25) is 0 Å². The quantitative estimate of drug-likeness (QED) is 0.558. The van der Waals surface area contributed by atoms with Crippen molar-refractivity contribution in [1.82, 2.24) is 4.57 Å². The normalized spacial score (nSPS) is 14.7. The third-order valence-corrected chi connectivity index (χ3v) is 5.04. The zero-order valence-corrected chi connectivity index (χ0v) is 13.6. The first-order chi connectivity index (χ1) is 11.2. The maximum atomic E-state index is 13.2. The molecule has 0 unspecified atom stereocenters. The van der Waals surface area contributed by atoms with E-state index >= 15 is 0 Å². The van der Waals surface area contributed by atoms with Crippen molar-refractivity contribution >= 4 is 10.9 Å². The van der Waals surface area contributed by atoms with Crippen LogP contribution in [-0.4, -0.2) is 4.57 Å². The summed E-state index contributed by atoms with van der Waals surface area (Å²) in [6.07, 6.45) is 6.22. The number of halogens is 1. The Labute approximate surface area is 136 Å². The highest BCUT2D eigenvalue weighted by atomic mass is 19.1. The second kappa shape index (κ2) is 5.84. The topological polar surface area (TPSA) is 4.93 Å². The Bertz CT molecular complexity index is 842. The standard InChI is InChI=1S/C21H22FN/c1-15-7-12-21-19(13-15)18-5-3-2-4-6-20(18)23(21)14-16-8-10-17(22)11-9-16/h7-13H,2-6,14H2,1H3. The van der Waals surface area contributed by atoms with Gasteiger partial charge in [0.15, 0.2) is 0 Å². The molecule has 0 amide bonds. The minimum atomic E-state index is -0.166. The van der Waals surface area contributed by atoms with Gasteiger partial charge in [-0.3, -0.25) is 0 Å². The van der Waals surface area contributed by atoms with E-state index < -0.39 is 0 Å². The van der Waals surface area contributed by atoms with E-state index in [0.29, 0.717) is 0 Å². The van der Waals surface area contributed by atoms with Crippen molar-refractivity contribution in [1.29, 1.82) is 0 Å². The minimum absolute atomic E-state index is 0.166. The first-order valence-corrected chi connectivity index (χ1v) is 8.57. The van der Waals surface area contributed by atoms with Crippen LogP contribution in [0, 0.1) is 12.7 Å². The number of aromatic nitrogens is 1. The van der Waals surface area contributed by atoms with Crippen LogP contribution in [0.3, 0.4) is 0 Å². The maximum Gasteiger partial charge on any atom is 0.123 e. The van der Waals surface area contributed by atoms with Crippen LogP contribution in [0.15, 0.2) is 42.5 Å². The lowest BCUT2D eigenvalue weighted by atomic mass is 10.0. The van der Waals surface area contributed by atoms with Gasteiger partial charge < -0.3 is 4.57 Å². The summed E-state index contributed by atoms with van der Waals surface area (Å²) in [4.78, 5) is 0. The Morgan fingerprint density at radius 3 is 2.57 bits per heavy atom. The molecule has 0 radical (unpaired) electrons. The lowest BCUT2D eigenvalue weighted by molar-refractivity contribution is 0.626. The van der Waals surface area contributed by atoms with Crippen molar-refractivity contribution in [2.24, 2.45) is 0 Å². The van der Waals surface area contributed by atoms with Crippen LogP contribution < -0.4 is 0 Å². The highest BCUT2D eigenvalue weighted by Crippen LogP contribution is 2.32. The average Bonchev–Trinajstić information content (AvgIpc) is 2.71. The summed E-state index contributed by atoms with van der Waals surface area (Å²) in [5, 5.41) is 1.42. The van der Waals surface area contributed by atoms with Gasteiger partial charge in [-0.25, -0.2) is 4.39 Å². The van der Waals surface area contributed by atoms with Crippen molar-refractivity contribution in [3.63, 3.8) is 0 Å². The number of rotatable bonds is 2. The van der Waals surface area contributed by atoms with Crippen LogP contribution in [0.2, 0.25) is 0 Å². The number of hydrogen-bond donors (Lipinski definition) is 0. The fourth-order valence-electron chi connectivity index (χ4n) is 3.88. The summed E-state index contributed by atoms with van der Waals surface area (Å²) in [5.74, 6) is -0.166. The van der Waals surface area contributed by atoms with Gasteiger partial charge in [0.05, 0.1) is 0 Å². The Kier molecular flexibility index (Phi) is 3.68. The number of nitrogens with zero attached hydrogens (tertiary/aromatic N) is 1. The van der Waals surface area contributed by atoms with Gasteiger partial charge in [-0.2, -0.15) is 0 Å². The smallest absolute Gasteiger partial charge is 0.123 e. The summed E-state index contributed by atoms with van der Waals surface area (Å²) in [6.45, 7) is 3.00. The monoisotopic (exact) mass is 307 g/mol. The zero-order valence-electron chi connectivity index (χ0n) is 13.6. The third-order valence-electron chi connectivity index (χ3n) is 5.04. The molecule has 1 aliphatic carbocycles. The largest absolute Gasteiger partial charge is 0.340 e. The van der Waals surface area contributed by atoms with Crippen molar-refractivity contribution < 1.29 is 4.39 Å². The van der Waals surface area contributed by atoms with Crippen molar-refractivity contribution in [3.8, 4) is 0 Å². The van der Waals surface area contributed by atoms with E-state index in [2.05, 4.69) is 29.7 Å². The first-order valence-electron chi connectivity index (χ1n) is 8.57. The van der Waals surface area contributed by atoms with Gasteiger partial charge in [0.25, 0.3) is 0 Å². The Morgan fingerprint density at radius 2 is 1.74 bits per heavy atom. The molecule has 1 aromatic heterocycles. The molecule has 0 N–H and O–H groups in total. The van der Waals surface area contributed by atoms with Crippen LogP contribution in [0.1, 0.15) is 41.6 Å². The number of fused-ring (bicyclic) bond motifs is 3. The first kappa shape index (κ1) is 14.5. The second-order valence-electron chi connectivity index (χ2n) is 6.72. The molecule has 0 saturated heterocycles. The average molecular weight is 307 g/mol. The predicted molar refractivity (Wildman–Crippen MR) is 93.4 cm³/mol.